The van der Waals surface area contributed by atoms with E-state index in [1.807, 2.05) is 18.2 Å². The fourth-order valence-corrected chi connectivity index (χ4v) is 1.91. The molecule has 4 nitrogen and oxygen atoms in total. The summed E-state index contributed by atoms with van der Waals surface area (Å²) in [5, 5.41) is 8.84. The maximum absolute atomic E-state index is 12.2. The molecule has 0 atom stereocenters. The summed E-state index contributed by atoms with van der Waals surface area (Å²) in [6, 6.07) is 16.1. The zero-order valence-corrected chi connectivity index (χ0v) is 9.92. The van der Waals surface area contributed by atoms with Crippen molar-refractivity contribution in [2.24, 2.45) is 0 Å². The van der Waals surface area contributed by atoms with Gasteiger partial charge in [-0.25, -0.2) is 4.98 Å². The largest absolute Gasteiger partial charge is 0.335 e. The Bertz CT molecular complexity index is 797. The summed E-state index contributed by atoms with van der Waals surface area (Å²) < 4.78 is 0. The first kappa shape index (κ1) is 11.2. The van der Waals surface area contributed by atoms with E-state index in [2.05, 4.69) is 16.0 Å². The molecule has 0 unspecified atom stereocenters. The number of benzene rings is 2. The molecule has 19 heavy (non-hydrogen) atoms. The van der Waals surface area contributed by atoms with Gasteiger partial charge in [0.05, 0.1) is 22.7 Å². The highest BCUT2D eigenvalue weighted by Crippen LogP contribution is 2.15. The van der Waals surface area contributed by atoms with E-state index in [0.717, 1.165) is 0 Å². The van der Waals surface area contributed by atoms with E-state index < -0.39 is 0 Å². The quantitative estimate of drug-likeness (QED) is 0.708. The Hall–Kier alpha value is -2.93. The first-order valence-electron chi connectivity index (χ1n) is 5.77. The van der Waals surface area contributed by atoms with E-state index in [1.165, 1.54) is 0 Å². The summed E-state index contributed by atoms with van der Waals surface area (Å²) in [6.07, 6.45) is 0. The molecule has 2 aromatic carbocycles. The van der Waals surface area contributed by atoms with Gasteiger partial charge in [0.2, 0.25) is 5.78 Å². The van der Waals surface area contributed by atoms with Gasteiger partial charge < -0.3 is 4.98 Å². The van der Waals surface area contributed by atoms with Crippen molar-refractivity contribution in [1.82, 2.24) is 9.97 Å². The number of nitrogens with one attached hydrogen (secondary N) is 1. The topological polar surface area (TPSA) is 69.5 Å². The van der Waals surface area contributed by atoms with Crippen LogP contribution < -0.4 is 0 Å². The Morgan fingerprint density at radius 3 is 2.68 bits per heavy atom. The molecule has 0 aliphatic heterocycles. The molecule has 3 rings (SSSR count). The number of imidazole rings is 1. The molecule has 0 saturated carbocycles. The number of nitriles is 1. The Kier molecular flexibility index (Phi) is 2.58. The monoisotopic (exact) mass is 247 g/mol. The average molecular weight is 247 g/mol. The highest BCUT2D eigenvalue weighted by Gasteiger charge is 2.13. The third-order valence-electron chi connectivity index (χ3n) is 2.86. The fourth-order valence-electron chi connectivity index (χ4n) is 1.91. The predicted octanol–water partition coefficient (Wildman–Crippen LogP) is 2.67. The zero-order chi connectivity index (χ0) is 13.2. The summed E-state index contributed by atoms with van der Waals surface area (Å²) >= 11 is 0. The molecule has 0 aliphatic carbocycles. The van der Waals surface area contributed by atoms with Gasteiger partial charge in [-0.15, -0.1) is 0 Å². The average Bonchev–Trinajstić information content (AvgIpc) is 2.90. The van der Waals surface area contributed by atoms with E-state index in [1.54, 1.807) is 30.3 Å². The van der Waals surface area contributed by atoms with Crippen molar-refractivity contribution in [3.8, 4) is 6.07 Å². The molecule has 0 fully saturated rings. The molecule has 0 aliphatic rings. The summed E-state index contributed by atoms with van der Waals surface area (Å²) in [5.41, 5.74) is 2.49. The van der Waals surface area contributed by atoms with E-state index >= 15 is 0 Å². The Morgan fingerprint density at radius 2 is 1.95 bits per heavy atom. The third-order valence-corrected chi connectivity index (χ3v) is 2.86. The SMILES string of the molecule is N#Cc1ccc2nc(C(=O)c3ccccc3)[nH]c2c1. The lowest BCUT2D eigenvalue weighted by Crippen LogP contribution is -2.02. The van der Waals surface area contributed by atoms with Crippen LogP contribution >= 0.6 is 0 Å². The minimum absolute atomic E-state index is 0.157. The Labute approximate surface area is 109 Å². The number of rotatable bonds is 2. The van der Waals surface area contributed by atoms with E-state index in [0.29, 0.717) is 22.2 Å². The molecule has 1 N–H and O–H groups in total. The van der Waals surface area contributed by atoms with E-state index in [4.69, 9.17) is 5.26 Å². The van der Waals surface area contributed by atoms with Crippen LogP contribution in [-0.2, 0) is 0 Å². The lowest BCUT2D eigenvalue weighted by molar-refractivity contribution is 0.103. The van der Waals surface area contributed by atoms with Crippen LogP contribution in [0.3, 0.4) is 0 Å². The zero-order valence-electron chi connectivity index (χ0n) is 9.92. The van der Waals surface area contributed by atoms with Gasteiger partial charge in [0.25, 0.3) is 0 Å². The molecule has 1 heterocycles. The van der Waals surface area contributed by atoms with Crippen molar-refractivity contribution >= 4 is 16.8 Å². The number of hydrogen-bond donors (Lipinski definition) is 1. The van der Waals surface area contributed by atoms with Gasteiger partial charge in [0, 0.05) is 5.56 Å². The molecule has 4 heteroatoms. The fraction of sp³-hybridized carbons (Fsp3) is 0. The van der Waals surface area contributed by atoms with Gasteiger partial charge in [-0.1, -0.05) is 30.3 Å². The molecule has 0 radical (unpaired) electrons. The number of hydrogen-bond acceptors (Lipinski definition) is 3. The molecular weight excluding hydrogens is 238 g/mol. The summed E-state index contributed by atoms with van der Waals surface area (Å²) in [6.45, 7) is 0. The number of H-pyrrole nitrogens is 1. The van der Waals surface area contributed by atoms with Crippen LogP contribution in [0.2, 0.25) is 0 Å². The number of carbonyl (C=O) groups is 1. The van der Waals surface area contributed by atoms with Gasteiger partial charge in [-0.05, 0) is 18.2 Å². The van der Waals surface area contributed by atoms with Gasteiger partial charge in [0.1, 0.15) is 0 Å². The van der Waals surface area contributed by atoms with Crippen molar-refractivity contribution < 1.29 is 4.79 Å². The summed E-state index contributed by atoms with van der Waals surface area (Å²) in [4.78, 5) is 19.4. The van der Waals surface area contributed by atoms with Crippen molar-refractivity contribution in [3.05, 3.63) is 65.5 Å². The number of carbonyl (C=O) groups excluding carboxylic acids is 1. The number of nitrogens with zero attached hydrogens (tertiary/aromatic N) is 2. The molecule has 1 aromatic heterocycles. The molecule has 0 spiro atoms. The molecule has 0 amide bonds. The van der Waals surface area contributed by atoms with E-state index in [9.17, 15) is 4.79 Å². The number of aromatic amines is 1. The van der Waals surface area contributed by atoms with Crippen molar-refractivity contribution in [3.63, 3.8) is 0 Å². The molecule has 0 bridgehead atoms. The highest BCUT2D eigenvalue weighted by molar-refractivity contribution is 6.07. The number of ketones is 1. The maximum Gasteiger partial charge on any atom is 0.228 e. The lowest BCUT2D eigenvalue weighted by Gasteiger charge is -1.95. The van der Waals surface area contributed by atoms with Gasteiger partial charge in [0.15, 0.2) is 5.82 Å². The standard InChI is InChI=1S/C15H9N3O/c16-9-10-6-7-12-13(8-10)18-15(17-12)14(19)11-4-2-1-3-5-11/h1-8H,(H,17,18). The van der Waals surface area contributed by atoms with Gasteiger partial charge in [-0.3, -0.25) is 4.79 Å². The molecule has 0 saturated heterocycles. The lowest BCUT2D eigenvalue weighted by atomic mass is 10.1. The van der Waals surface area contributed by atoms with Crippen molar-refractivity contribution in [2.45, 2.75) is 0 Å². The Morgan fingerprint density at radius 1 is 1.16 bits per heavy atom. The minimum Gasteiger partial charge on any atom is -0.335 e. The maximum atomic E-state index is 12.2. The Balaban J connectivity index is 2.07. The van der Waals surface area contributed by atoms with Gasteiger partial charge in [-0.2, -0.15) is 5.26 Å². The van der Waals surface area contributed by atoms with Crippen molar-refractivity contribution in [1.29, 1.82) is 5.26 Å². The second-order valence-electron chi connectivity index (χ2n) is 4.12. The second-order valence-corrected chi connectivity index (χ2v) is 4.12. The van der Waals surface area contributed by atoms with Crippen LogP contribution in [-0.4, -0.2) is 15.8 Å². The van der Waals surface area contributed by atoms with Crippen LogP contribution in [0.4, 0.5) is 0 Å². The van der Waals surface area contributed by atoms with Gasteiger partial charge >= 0.3 is 0 Å². The number of aromatic nitrogens is 2. The summed E-state index contributed by atoms with van der Waals surface area (Å²) in [7, 11) is 0. The first-order chi connectivity index (χ1) is 9.28. The molecule has 3 aromatic rings. The summed E-state index contributed by atoms with van der Waals surface area (Å²) in [5.74, 6) is 0.131. The van der Waals surface area contributed by atoms with Crippen LogP contribution in [0.5, 0.6) is 0 Å². The van der Waals surface area contributed by atoms with Crippen molar-refractivity contribution in [2.75, 3.05) is 0 Å². The second kappa shape index (κ2) is 4.39. The van der Waals surface area contributed by atoms with Crippen LogP contribution in [0.15, 0.2) is 48.5 Å². The molecular formula is C15H9N3O. The normalized spacial score (nSPS) is 10.3. The van der Waals surface area contributed by atoms with E-state index in [-0.39, 0.29) is 11.6 Å². The predicted molar refractivity (Wildman–Crippen MR) is 70.7 cm³/mol. The van der Waals surface area contributed by atoms with Crippen LogP contribution in [0, 0.1) is 11.3 Å². The molecule has 90 valence electrons. The van der Waals surface area contributed by atoms with Crippen LogP contribution in [0.25, 0.3) is 11.0 Å². The number of fused-ring (bicyclic) bond motifs is 1. The minimum atomic E-state index is -0.157. The van der Waals surface area contributed by atoms with Crippen LogP contribution in [0.1, 0.15) is 21.7 Å². The highest BCUT2D eigenvalue weighted by atomic mass is 16.1. The third kappa shape index (κ3) is 1.98. The first-order valence-corrected chi connectivity index (χ1v) is 5.77. The smallest absolute Gasteiger partial charge is 0.228 e.